The van der Waals surface area contributed by atoms with Crippen molar-refractivity contribution in [2.75, 3.05) is 31.6 Å². The third-order valence-electron chi connectivity index (χ3n) is 6.14. The highest BCUT2D eigenvalue weighted by Gasteiger charge is 2.46. The predicted molar refractivity (Wildman–Crippen MR) is 97.8 cm³/mol. The summed E-state index contributed by atoms with van der Waals surface area (Å²) in [6, 6.07) is 6.08. The van der Waals surface area contributed by atoms with E-state index in [1.165, 1.54) is 32.4 Å². The van der Waals surface area contributed by atoms with Crippen LogP contribution in [0.4, 0.5) is 10.6 Å². The zero-order valence-electron chi connectivity index (χ0n) is 15.2. The molecule has 3 heterocycles. The van der Waals surface area contributed by atoms with E-state index in [1.807, 2.05) is 12.1 Å². The van der Waals surface area contributed by atoms with Gasteiger partial charge in [-0.25, -0.2) is 9.78 Å². The molecule has 0 radical (unpaired) electrons. The monoisotopic (exact) mass is 343 g/mol. The average molecular weight is 343 g/mol. The van der Waals surface area contributed by atoms with Crippen molar-refractivity contribution in [3.8, 4) is 0 Å². The fraction of sp³-hybridized carbons (Fsp3) is 0.700. The first-order valence-electron chi connectivity index (χ1n) is 9.79. The zero-order chi connectivity index (χ0) is 17.3. The van der Waals surface area contributed by atoms with Gasteiger partial charge in [-0.1, -0.05) is 12.5 Å². The Balaban J connectivity index is 1.45. The topological polar surface area (TPSA) is 45.7 Å². The highest BCUT2D eigenvalue weighted by Crippen LogP contribution is 2.38. The number of hydrogen-bond donors (Lipinski definition) is 0. The van der Waals surface area contributed by atoms with Crippen LogP contribution in [-0.2, 0) is 11.2 Å². The lowest BCUT2D eigenvalue weighted by Gasteiger charge is -2.30. The Labute approximate surface area is 150 Å². The summed E-state index contributed by atoms with van der Waals surface area (Å²) in [6.07, 6.45) is 8.81. The van der Waals surface area contributed by atoms with Crippen LogP contribution < -0.4 is 4.90 Å². The molecular weight excluding hydrogens is 314 g/mol. The Bertz CT molecular complexity index is 619. The Morgan fingerprint density at radius 2 is 1.96 bits per heavy atom. The number of likely N-dealkylation sites (tertiary alicyclic amines) is 1. The maximum atomic E-state index is 12.4. The van der Waals surface area contributed by atoms with Crippen LogP contribution in [0.15, 0.2) is 18.2 Å². The van der Waals surface area contributed by atoms with Crippen molar-refractivity contribution in [2.24, 2.45) is 5.92 Å². The number of aromatic nitrogens is 1. The smallest absolute Gasteiger partial charge is 0.416 e. The normalized spacial score (nSPS) is 24.7. The van der Waals surface area contributed by atoms with Crippen LogP contribution in [0.1, 0.15) is 50.6 Å². The molecule has 0 atom stereocenters. The quantitative estimate of drug-likeness (QED) is 0.841. The number of carbonyl (C=O) groups is 1. The van der Waals surface area contributed by atoms with Gasteiger partial charge >= 0.3 is 6.09 Å². The second-order valence-corrected chi connectivity index (χ2v) is 8.14. The highest BCUT2D eigenvalue weighted by molar-refractivity contribution is 5.89. The molecule has 2 aliphatic heterocycles. The lowest BCUT2D eigenvalue weighted by Crippen LogP contribution is -2.36. The molecule has 3 aliphatic rings. The summed E-state index contributed by atoms with van der Waals surface area (Å²) in [4.78, 5) is 21.4. The lowest BCUT2D eigenvalue weighted by atomic mass is 9.85. The van der Waals surface area contributed by atoms with Gasteiger partial charge in [0.1, 0.15) is 11.4 Å². The Hall–Kier alpha value is -1.62. The molecule has 3 fully saturated rings. The zero-order valence-corrected chi connectivity index (χ0v) is 15.2. The summed E-state index contributed by atoms with van der Waals surface area (Å²) in [7, 11) is 2.19. The maximum absolute atomic E-state index is 12.4. The van der Waals surface area contributed by atoms with E-state index in [1.54, 1.807) is 4.90 Å². The van der Waals surface area contributed by atoms with Gasteiger partial charge in [0.15, 0.2) is 0 Å². The molecule has 4 rings (SSSR count). The van der Waals surface area contributed by atoms with Gasteiger partial charge in [-0.2, -0.15) is 0 Å². The molecule has 1 saturated carbocycles. The van der Waals surface area contributed by atoms with E-state index in [9.17, 15) is 4.79 Å². The third kappa shape index (κ3) is 3.66. The first kappa shape index (κ1) is 16.8. The lowest BCUT2D eigenvalue weighted by molar-refractivity contribution is 0.0260. The molecular formula is C20H29N3O2. The van der Waals surface area contributed by atoms with Gasteiger partial charge in [0.05, 0.1) is 6.54 Å². The van der Waals surface area contributed by atoms with E-state index >= 15 is 0 Å². The third-order valence-corrected chi connectivity index (χ3v) is 6.14. The van der Waals surface area contributed by atoms with Gasteiger partial charge in [0.25, 0.3) is 0 Å². The SMILES string of the molecule is CN1CCC(Cc2cccc(N3CC4(CCCCC4)OC3=O)n2)CC1. The number of nitrogens with zero attached hydrogens (tertiary/aromatic N) is 3. The van der Waals surface area contributed by atoms with E-state index in [-0.39, 0.29) is 11.7 Å². The number of rotatable bonds is 3. The van der Waals surface area contributed by atoms with Crippen LogP contribution in [0, 0.1) is 5.92 Å². The number of ether oxygens (including phenoxy) is 1. The molecule has 1 amide bonds. The summed E-state index contributed by atoms with van der Waals surface area (Å²) in [6.45, 7) is 3.01. The molecule has 5 heteroatoms. The molecule has 25 heavy (non-hydrogen) atoms. The van der Waals surface area contributed by atoms with E-state index in [2.05, 4.69) is 18.0 Å². The molecule has 1 spiro atoms. The largest absolute Gasteiger partial charge is 0.441 e. The van der Waals surface area contributed by atoms with Crippen molar-refractivity contribution < 1.29 is 9.53 Å². The molecule has 1 aliphatic carbocycles. The number of piperidine rings is 1. The first-order valence-corrected chi connectivity index (χ1v) is 9.79. The van der Waals surface area contributed by atoms with Crippen molar-refractivity contribution >= 4 is 11.9 Å². The van der Waals surface area contributed by atoms with Crippen molar-refractivity contribution in [1.29, 1.82) is 0 Å². The second-order valence-electron chi connectivity index (χ2n) is 8.14. The summed E-state index contributed by atoms with van der Waals surface area (Å²) in [5.41, 5.74) is 0.838. The molecule has 5 nitrogen and oxygen atoms in total. The molecule has 0 bridgehead atoms. The minimum Gasteiger partial charge on any atom is -0.441 e. The second kappa shape index (κ2) is 6.94. The van der Waals surface area contributed by atoms with Crippen molar-refractivity contribution in [1.82, 2.24) is 9.88 Å². The molecule has 0 unspecified atom stereocenters. The Morgan fingerprint density at radius 3 is 2.72 bits per heavy atom. The highest BCUT2D eigenvalue weighted by atomic mass is 16.6. The van der Waals surface area contributed by atoms with Gasteiger partial charge in [-0.05, 0) is 83.1 Å². The molecule has 1 aromatic heterocycles. The first-order chi connectivity index (χ1) is 12.1. The molecule has 0 aromatic carbocycles. The minimum absolute atomic E-state index is 0.217. The van der Waals surface area contributed by atoms with E-state index in [0.717, 1.165) is 43.6 Å². The fourth-order valence-corrected chi connectivity index (χ4v) is 4.55. The van der Waals surface area contributed by atoms with Gasteiger partial charge in [0, 0.05) is 5.69 Å². The van der Waals surface area contributed by atoms with E-state index in [0.29, 0.717) is 12.5 Å². The Kier molecular flexibility index (Phi) is 4.67. The molecule has 0 N–H and O–H groups in total. The fourth-order valence-electron chi connectivity index (χ4n) is 4.55. The number of amides is 1. The standard InChI is InChI=1S/C20H29N3O2/c1-22-12-8-16(9-13-22)14-17-6-5-7-18(21-17)23-15-20(25-19(23)24)10-3-2-4-11-20/h5-7,16H,2-4,8-15H2,1H3. The number of anilines is 1. The molecule has 1 aromatic rings. The predicted octanol–water partition coefficient (Wildman–Crippen LogP) is 3.63. The maximum Gasteiger partial charge on any atom is 0.416 e. The van der Waals surface area contributed by atoms with E-state index in [4.69, 9.17) is 9.72 Å². The van der Waals surface area contributed by atoms with Gasteiger partial charge < -0.3 is 9.64 Å². The van der Waals surface area contributed by atoms with E-state index < -0.39 is 0 Å². The van der Waals surface area contributed by atoms with Crippen LogP contribution in [0.3, 0.4) is 0 Å². The van der Waals surface area contributed by atoms with Crippen molar-refractivity contribution in [3.05, 3.63) is 23.9 Å². The number of carbonyl (C=O) groups excluding carboxylic acids is 1. The summed E-state index contributed by atoms with van der Waals surface area (Å²) in [5.74, 6) is 1.46. The summed E-state index contributed by atoms with van der Waals surface area (Å²) >= 11 is 0. The van der Waals surface area contributed by atoms with Gasteiger partial charge in [-0.15, -0.1) is 0 Å². The van der Waals surface area contributed by atoms with Gasteiger partial charge in [-0.3, -0.25) is 4.90 Å². The van der Waals surface area contributed by atoms with Crippen molar-refractivity contribution in [3.63, 3.8) is 0 Å². The average Bonchev–Trinajstić information content (AvgIpc) is 2.94. The Morgan fingerprint density at radius 1 is 1.20 bits per heavy atom. The molecule has 136 valence electrons. The number of hydrogen-bond acceptors (Lipinski definition) is 4. The molecule has 2 saturated heterocycles. The van der Waals surface area contributed by atoms with Crippen molar-refractivity contribution in [2.45, 2.75) is 57.0 Å². The number of pyridine rings is 1. The summed E-state index contributed by atoms with van der Waals surface area (Å²) in [5, 5.41) is 0. The van der Waals surface area contributed by atoms with Crippen LogP contribution in [-0.4, -0.2) is 48.3 Å². The summed E-state index contributed by atoms with van der Waals surface area (Å²) < 4.78 is 5.80. The minimum atomic E-state index is -0.263. The van der Waals surface area contributed by atoms with Crippen LogP contribution in [0.25, 0.3) is 0 Å². The van der Waals surface area contributed by atoms with Crippen LogP contribution in [0.2, 0.25) is 0 Å². The van der Waals surface area contributed by atoms with Crippen LogP contribution >= 0.6 is 0 Å². The van der Waals surface area contributed by atoms with Gasteiger partial charge in [0.2, 0.25) is 0 Å². The van der Waals surface area contributed by atoms with Crippen LogP contribution in [0.5, 0.6) is 0 Å².